The number of hydrogen-bond donors (Lipinski definition) is 0. The highest BCUT2D eigenvalue weighted by molar-refractivity contribution is 9.09. The van der Waals surface area contributed by atoms with E-state index in [2.05, 4.69) is 36.7 Å². The van der Waals surface area contributed by atoms with Crippen molar-refractivity contribution >= 4 is 15.9 Å². The molecule has 0 aromatic carbocycles. The molecule has 4 rings (SSSR count). The van der Waals surface area contributed by atoms with E-state index < -0.39 is 0 Å². The molecule has 0 radical (unpaired) electrons. The number of ether oxygens (including phenoxy) is 1. The van der Waals surface area contributed by atoms with E-state index in [1.807, 2.05) is 0 Å². The van der Waals surface area contributed by atoms with Crippen LogP contribution in [0.15, 0.2) is 0 Å². The van der Waals surface area contributed by atoms with Gasteiger partial charge < -0.3 is 4.74 Å². The second-order valence-corrected chi connectivity index (χ2v) is 9.97. The Labute approximate surface area is 132 Å². The Bertz CT molecular complexity index is 412. The van der Waals surface area contributed by atoms with E-state index >= 15 is 0 Å². The maximum Gasteiger partial charge on any atom is 0.0656 e. The third-order valence-corrected chi connectivity index (χ3v) is 9.55. The Morgan fingerprint density at radius 1 is 0.950 bits per heavy atom. The monoisotopic (exact) mass is 340 g/mol. The molecule has 2 heteroatoms. The van der Waals surface area contributed by atoms with Crippen LogP contribution in [0.5, 0.6) is 0 Å². The highest BCUT2D eigenvalue weighted by Gasteiger charge is 2.64. The standard InChI is InChI=1S/C18H29BrO/c1-16(2)12-6-9-17(16,3)14(10-12)20-15-11-13(19)18(15)7-4-5-8-18/h12-15H,4-11H2,1-3H3. The van der Waals surface area contributed by atoms with Gasteiger partial charge in [-0.3, -0.25) is 0 Å². The van der Waals surface area contributed by atoms with Crippen LogP contribution >= 0.6 is 15.9 Å². The van der Waals surface area contributed by atoms with Gasteiger partial charge in [0, 0.05) is 10.2 Å². The molecule has 5 unspecified atom stereocenters. The molecule has 0 aromatic rings. The topological polar surface area (TPSA) is 9.23 Å². The van der Waals surface area contributed by atoms with Crippen LogP contribution in [-0.2, 0) is 4.74 Å². The van der Waals surface area contributed by atoms with Crippen molar-refractivity contribution < 1.29 is 4.74 Å². The first kappa shape index (κ1) is 14.1. The van der Waals surface area contributed by atoms with E-state index in [1.54, 1.807) is 0 Å². The fraction of sp³-hybridized carbons (Fsp3) is 1.00. The second-order valence-electron chi connectivity index (χ2n) is 8.87. The molecule has 4 fully saturated rings. The molecule has 4 aliphatic rings. The summed E-state index contributed by atoms with van der Waals surface area (Å²) in [5.41, 5.74) is 1.41. The Kier molecular flexibility index (Phi) is 2.99. The lowest BCUT2D eigenvalue weighted by atomic mass is 9.64. The van der Waals surface area contributed by atoms with Crippen LogP contribution in [-0.4, -0.2) is 17.0 Å². The fourth-order valence-corrected chi connectivity index (χ4v) is 7.18. The predicted octanol–water partition coefficient (Wildman–Crippen LogP) is 5.31. The molecular weight excluding hydrogens is 312 g/mol. The first-order valence-electron chi connectivity index (χ1n) is 8.70. The van der Waals surface area contributed by atoms with Crippen LogP contribution in [0.25, 0.3) is 0 Å². The molecule has 4 saturated carbocycles. The van der Waals surface area contributed by atoms with E-state index in [9.17, 15) is 0 Å². The summed E-state index contributed by atoms with van der Waals surface area (Å²) in [5, 5.41) is 0. The molecule has 0 amide bonds. The van der Waals surface area contributed by atoms with Crippen LogP contribution in [0.2, 0.25) is 0 Å². The molecule has 1 nitrogen and oxygen atoms in total. The van der Waals surface area contributed by atoms with E-state index in [0.717, 1.165) is 10.7 Å². The van der Waals surface area contributed by atoms with Gasteiger partial charge in [-0.25, -0.2) is 0 Å². The van der Waals surface area contributed by atoms with Crippen molar-refractivity contribution in [3.05, 3.63) is 0 Å². The largest absolute Gasteiger partial charge is 0.374 e. The molecule has 5 atom stereocenters. The maximum absolute atomic E-state index is 6.80. The molecule has 20 heavy (non-hydrogen) atoms. The lowest BCUT2D eigenvalue weighted by molar-refractivity contribution is -0.168. The summed E-state index contributed by atoms with van der Waals surface area (Å²) in [5.74, 6) is 0.900. The van der Waals surface area contributed by atoms with Crippen molar-refractivity contribution in [2.75, 3.05) is 0 Å². The van der Waals surface area contributed by atoms with Crippen molar-refractivity contribution in [1.82, 2.24) is 0 Å². The van der Waals surface area contributed by atoms with Gasteiger partial charge in [0.05, 0.1) is 12.2 Å². The molecule has 0 heterocycles. The lowest BCUT2D eigenvalue weighted by Gasteiger charge is -2.54. The molecule has 1 spiro atoms. The van der Waals surface area contributed by atoms with Gasteiger partial charge in [0.2, 0.25) is 0 Å². The SMILES string of the molecule is CC1(C)C2CCC1(C)C(OC1CC(Br)C13CCCC3)C2. The Balaban J connectivity index is 1.51. The summed E-state index contributed by atoms with van der Waals surface area (Å²) in [7, 11) is 0. The number of alkyl halides is 1. The zero-order valence-electron chi connectivity index (χ0n) is 13.3. The zero-order valence-corrected chi connectivity index (χ0v) is 14.8. The summed E-state index contributed by atoms with van der Waals surface area (Å²) in [6.07, 6.45) is 12.1. The second kappa shape index (κ2) is 4.25. The quantitative estimate of drug-likeness (QED) is 0.618. The number of rotatable bonds is 2. The minimum atomic E-state index is 0.425. The molecule has 0 aromatic heterocycles. The lowest BCUT2D eigenvalue weighted by Crippen LogP contribution is -2.56. The molecule has 4 aliphatic carbocycles. The van der Waals surface area contributed by atoms with Gasteiger partial charge in [0.1, 0.15) is 0 Å². The highest BCUT2D eigenvalue weighted by Crippen LogP contribution is 2.68. The van der Waals surface area contributed by atoms with Crippen molar-refractivity contribution in [1.29, 1.82) is 0 Å². The minimum absolute atomic E-state index is 0.425. The van der Waals surface area contributed by atoms with E-state index in [0.29, 0.717) is 28.5 Å². The van der Waals surface area contributed by atoms with Gasteiger partial charge in [-0.2, -0.15) is 0 Å². The first-order chi connectivity index (χ1) is 9.40. The predicted molar refractivity (Wildman–Crippen MR) is 86.1 cm³/mol. The van der Waals surface area contributed by atoms with Crippen LogP contribution in [0, 0.1) is 22.2 Å². The summed E-state index contributed by atoms with van der Waals surface area (Å²) in [6.45, 7) is 7.50. The van der Waals surface area contributed by atoms with Gasteiger partial charge in [0.25, 0.3) is 0 Å². The van der Waals surface area contributed by atoms with Gasteiger partial charge >= 0.3 is 0 Å². The molecule has 0 saturated heterocycles. The van der Waals surface area contributed by atoms with Crippen molar-refractivity contribution in [2.45, 2.75) is 89.2 Å². The zero-order chi connectivity index (χ0) is 14.2. The maximum atomic E-state index is 6.80. The average Bonchev–Trinajstić information content (AvgIpc) is 3.03. The van der Waals surface area contributed by atoms with Crippen molar-refractivity contribution in [2.24, 2.45) is 22.2 Å². The smallest absolute Gasteiger partial charge is 0.0656 e. The molecule has 114 valence electrons. The summed E-state index contributed by atoms with van der Waals surface area (Å²) in [6, 6.07) is 0. The Morgan fingerprint density at radius 3 is 2.15 bits per heavy atom. The van der Waals surface area contributed by atoms with Crippen LogP contribution in [0.3, 0.4) is 0 Å². The van der Waals surface area contributed by atoms with Gasteiger partial charge in [-0.1, -0.05) is 49.5 Å². The fourth-order valence-electron chi connectivity index (χ4n) is 6.09. The van der Waals surface area contributed by atoms with E-state index in [-0.39, 0.29) is 0 Å². The minimum Gasteiger partial charge on any atom is -0.374 e. The van der Waals surface area contributed by atoms with E-state index in [1.165, 1.54) is 51.4 Å². The molecule has 0 aliphatic heterocycles. The number of halogens is 1. The van der Waals surface area contributed by atoms with Crippen LogP contribution in [0.1, 0.15) is 72.1 Å². The third-order valence-electron chi connectivity index (χ3n) is 8.26. The van der Waals surface area contributed by atoms with Crippen molar-refractivity contribution in [3.63, 3.8) is 0 Å². The number of hydrogen-bond acceptors (Lipinski definition) is 1. The van der Waals surface area contributed by atoms with E-state index in [4.69, 9.17) is 4.74 Å². The van der Waals surface area contributed by atoms with Crippen LogP contribution < -0.4 is 0 Å². The van der Waals surface area contributed by atoms with Gasteiger partial charge in [-0.05, 0) is 55.3 Å². The van der Waals surface area contributed by atoms with Gasteiger partial charge in [0.15, 0.2) is 0 Å². The highest BCUT2D eigenvalue weighted by atomic mass is 79.9. The Morgan fingerprint density at radius 2 is 1.65 bits per heavy atom. The number of fused-ring (bicyclic) bond motifs is 2. The summed E-state index contributed by atoms with van der Waals surface area (Å²) >= 11 is 3.93. The molecular formula is C18H29BrO. The Hall–Kier alpha value is 0.440. The average molecular weight is 341 g/mol. The summed E-state index contributed by atoms with van der Waals surface area (Å²) in [4.78, 5) is 0.724. The molecule has 2 bridgehead atoms. The third kappa shape index (κ3) is 1.54. The van der Waals surface area contributed by atoms with Gasteiger partial charge in [-0.15, -0.1) is 0 Å². The normalized spacial score (nSPS) is 51.6. The molecule has 0 N–H and O–H groups in total. The summed E-state index contributed by atoms with van der Waals surface area (Å²) < 4.78 is 6.80. The van der Waals surface area contributed by atoms with Crippen LogP contribution in [0.4, 0.5) is 0 Å². The van der Waals surface area contributed by atoms with Crippen molar-refractivity contribution in [3.8, 4) is 0 Å². The first-order valence-corrected chi connectivity index (χ1v) is 9.61.